The second-order valence-corrected chi connectivity index (χ2v) is 8.45. The Morgan fingerprint density at radius 3 is 2.30 bits per heavy atom. The molecule has 0 aliphatic heterocycles. The third kappa shape index (κ3) is 3.70. The molecule has 4 heteroatoms. The zero-order chi connectivity index (χ0) is 20.7. The fourth-order valence-electron chi connectivity index (χ4n) is 4.65. The van der Waals surface area contributed by atoms with Crippen LogP contribution in [-0.4, -0.2) is 11.1 Å². The summed E-state index contributed by atoms with van der Waals surface area (Å²) in [6.07, 6.45) is 2.96. The van der Waals surface area contributed by atoms with Gasteiger partial charge in [0.1, 0.15) is 17.3 Å². The van der Waals surface area contributed by atoms with Crippen molar-refractivity contribution in [1.82, 2.24) is 0 Å². The Balaban J connectivity index is 1.27. The van der Waals surface area contributed by atoms with Gasteiger partial charge in [0, 0.05) is 5.56 Å². The van der Waals surface area contributed by atoms with Crippen LogP contribution in [0, 0.1) is 23.6 Å². The summed E-state index contributed by atoms with van der Waals surface area (Å²) in [6.45, 7) is 0. The summed E-state index contributed by atoms with van der Waals surface area (Å²) in [7, 11) is 0. The van der Waals surface area contributed by atoms with Crippen LogP contribution in [0.25, 0.3) is 11.1 Å². The molecule has 152 valence electrons. The zero-order valence-electron chi connectivity index (χ0n) is 16.5. The minimum Gasteiger partial charge on any atom is -0.481 e. The lowest BCUT2D eigenvalue weighted by Gasteiger charge is -2.36. The lowest BCUT2D eigenvalue weighted by molar-refractivity contribution is -0.139. The first kappa shape index (κ1) is 18.9. The Hall–Kier alpha value is -3.14. The van der Waals surface area contributed by atoms with Crippen molar-refractivity contribution in [3.63, 3.8) is 0 Å². The Morgan fingerprint density at radius 2 is 1.63 bits per heavy atom. The van der Waals surface area contributed by atoms with Gasteiger partial charge in [-0.3, -0.25) is 4.79 Å². The van der Waals surface area contributed by atoms with Crippen molar-refractivity contribution in [2.24, 2.45) is 17.8 Å². The van der Waals surface area contributed by atoms with Crippen LogP contribution >= 0.6 is 0 Å². The molecule has 0 bridgehead atoms. The van der Waals surface area contributed by atoms with Gasteiger partial charge in [-0.2, -0.15) is 0 Å². The lowest BCUT2D eigenvalue weighted by atomic mass is 9.69. The molecule has 0 saturated heterocycles. The molecule has 3 nitrogen and oxygen atoms in total. The summed E-state index contributed by atoms with van der Waals surface area (Å²) in [5.41, 5.74) is 2.59. The predicted molar refractivity (Wildman–Crippen MR) is 113 cm³/mol. The van der Waals surface area contributed by atoms with Crippen LogP contribution in [0.1, 0.15) is 30.7 Å². The largest absolute Gasteiger partial charge is 0.481 e. The van der Waals surface area contributed by atoms with Crippen LogP contribution in [0.5, 0.6) is 11.5 Å². The normalized spacial score (nSPS) is 24.7. The number of hydrogen-bond donors (Lipinski definition) is 1. The first-order valence-corrected chi connectivity index (χ1v) is 10.4. The van der Waals surface area contributed by atoms with Crippen molar-refractivity contribution in [1.29, 1.82) is 0 Å². The SMILES string of the molecule is O=C(O)C1CC1C1CC(c2ccc(-c3cc(Oc4ccccc4)ccc3F)cc2)C1. The molecule has 2 fully saturated rings. The number of carbonyl (C=O) groups is 1. The Kier molecular flexibility index (Phi) is 4.78. The number of carboxylic acid groups (broad SMARTS) is 1. The van der Waals surface area contributed by atoms with Crippen LogP contribution in [0.4, 0.5) is 4.39 Å². The number of ether oxygens (including phenoxy) is 1. The van der Waals surface area contributed by atoms with Crippen LogP contribution in [0.3, 0.4) is 0 Å². The minimum absolute atomic E-state index is 0.119. The molecule has 1 N–H and O–H groups in total. The third-order valence-corrected chi connectivity index (χ3v) is 6.55. The molecule has 0 aromatic heterocycles. The summed E-state index contributed by atoms with van der Waals surface area (Å²) < 4.78 is 20.3. The van der Waals surface area contributed by atoms with E-state index in [1.54, 1.807) is 12.1 Å². The molecule has 3 aromatic carbocycles. The predicted octanol–water partition coefficient (Wildman–Crippen LogP) is 6.50. The standard InChI is InChI=1S/C26H23FO3/c27-25-11-10-21(30-20-4-2-1-3-5-20)14-23(25)17-8-6-16(7-9-17)18-12-19(13-18)22-15-24(22)26(28)29/h1-11,14,18-19,22,24H,12-13,15H2,(H,28,29). The molecule has 3 aromatic rings. The van der Waals surface area contributed by atoms with E-state index in [0.29, 0.717) is 34.8 Å². The maximum atomic E-state index is 14.5. The number of benzene rings is 3. The first-order valence-electron chi connectivity index (χ1n) is 10.4. The number of halogens is 1. The second-order valence-electron chi connectivity index (χ2n) is 8.45. The van der Waals surface area contributed by atoms with Crippen molar-refractivity contribution in [2.75, 3.05) is 0 Å². The third-order valence-electron chi connectivity index (χ3n) is 6.55. The maximum absolute atomic E-state index is 14.5. The Labute approximate surface area is 175 Å². The monoisotopic (exact) mass is 402 g/mol. The van der Waals surface area contributed by atoms with Gasteiger partial charge in [-0.05, 0) is 78.5 Å². The van der Waals surface area contributed by atoms with E-state index >= 15 is 0 Å². The van der Waals surface area contributed by atoms with Crippen molar-refractivity contribution in [3.8, 4) is 22.6 Å². The molecule has 2 aliphatic rings. The van der Waals surface area contributed by atoms with Gasteiger partial charge >= 0.3 is 5.97 Å². The Bertz CT molecular complexity index is 1060. The number of aliphatic carboxylic acids is 1. The molecule has 2 unspecified atom stereocenters. The van der Waals surface area contributed by atoms with Gasteiger partial charge in [-0.1, -0.05) is 42.5 Å². The van der Waals surface area contributed by atoms with Crippen LogP contribution in [-0.2, 0) is 4.79 Å². The summed E-state index contributed by atoms with van der Waals surface area (Å²) in [5, 5.41) is 9.10. The molecule has 30 heavy (non-hydrogen) atoms. The summed E-state index contributed by atoms with van der Waals surface area (Å²) >= 11 is 0. The van der Waals surface area contributed by atoms with Crippen molar-refractivity contribution in [3.05, 3.63) is 84.2 Å². The van der Waals surface area contributed by atoms with Crippen LogP contribution < -0.4 is 4.74 Å². The van der Waals surface area contributed by atoms with Gasteiger partial charge < -0.3 is 9.84 Å². The van der Waals surface area contributed by atoms with Gasteiger partial charge in [-0.15, -0.1) is 0 Å². The summed E-state index contributed by atoms with van der Waals surface area (Å²) in [6, 6.07) is 22.3. The highest BCUT2D eigenvalue weighted by molar-refractivity contribution is 5.73. The molecule has 2 saturated carbocycles. The van der Waals surface area contributed by atoms with E-state index in [-0.39, 0.29) is 11.7 Å². The molecule has 0 spiro atoms. The number of hydrogen-bond acceptors (Lipinski definition) is 2. The number of para-hydroxylation sites is 1. The zero-order valence-corrected chi connectivity index (χ0v) is 16.5. The molecule has 0 heterocycles. The molecule has 5 rings (SSSR count). The van der Waals surface area contributed by atoms with Gasteiger partial charge in [0.05, 0.1) is 5.92 Å². The highest BCUT2D eigenvalue weighted by Crippen LogP contribution is 2.56. The molecular formula is C26H23FO3. The highest BCUT2D eigenvalue weighted by Gasteiger charge is 2.51. The quantitative estimate of drug-likeness (QED) is 0.512. The average molecular weight is 402 g/mol. The molecular weight excluding hydrogens is 379 g/mol. The minimum atomic E-state index is -0.645. The van der Waals surface area contributed by atoms with Crippen molar-refractivity contribution in [2.45, 2.75) is 25.2 Å². The second kappa shape index (κ2) is 7.60. The van der Waals surface area contributed by atoms with Gasteiger partial charge in [-0.25, -0.2) is 4.39 Å². The van der Waals surface area contributed by atoms with Crippen LogP contribution in [0.2, 0.25) is 0 Å². The molecule has 2 atom stereocenters. The van der Waals surface area contributed by atoms with Crippen molar-refractivity contribution < 1.29 is 19.0 Å². The van der Waals surface area contributed by atoms with E-state index in [9.17, 15) is 9.18 Å². The van der Waals surface area contributed by atoms with Gasteiger partial charge in [0.25, 0.3) is 0 Å². The highest BCUT2D eigenvalue weighted by atomic mass is 19.1. The van der Waals surface area contributed by atoms with E-state index < -0.39 is 5.97 Å². The maximum Gasteiger partial charge on any atom is 0.306 e. The van der Waals surface area contributed by atoms with E-state index in [1.165, 1.54) is 11.6 Å². The summed E-state index contributed by atoms with van der Waals surface area (Å²) in [4.78, 5) is 11.1. The fraction of sp³-hybridized carbons (Fsp3) is 0.269. The van der Waals surface area contributed by atoms with E-state index in [0.717, 1.165) is 24.8 Å². The van der Waals surface area contributed by atoms with Gasteiger partial charge in [0.2, 0.25) is 0 Å². The lowest BCUT2D eigenvalue weighted by Crippen LogP contribution is -2.24. The molecule has 2 aliphatic carbocycles. The first-order chi connectivity index (χ1) is 14.6. The number of carboxylic acids is 1. The van der Waals surface area contributed by atoms with E-state index in [1.807, 2.05) is 42.5 Å². The summed E-state index contributed by atoms with van der Waals surface area (Å²) in [5.74, 6) is 1.67. The van der Waals surface area contributed by atoms with Crippen LogP contribution in [0.15, 0.2) is 72.8 Å². The van der Waals surface area contributed by atoms with E-state index in [4.69, 9.17) is 9.84 Å². The Morgan fingerprint density at radius 1 is 0.900 bits per heavy atom. The van der Waals surface area contributed by atoms with Gasteiger partial charge in [0.15, 0.2) is 0 Å². The average Bonchev–Trinajstić information content (AvgIpc) is 3.51. The molecule has 0 radical (unpaired) electrons. The van der Waals surface area contributed by atoms with Crippen molar-refractivity contribution >= 4 is 5.97 Å². The van der Waals surface area contributed by atoms with E-state index in [2.05, 4.69) is 12.1 Å². The molecule has 0 amide bonds. The number of rotatable bonds is 6. The topological polar surface area (TPSA) is 46.5 Å². The fourth-order valence-corrected chi connectivity index (χ4v) is 4.65. The smallest absolute Gasteiger partial charge is 0.306 e.